The van der Waals surface area contributed by atoms with Crippen LogP contribution in [0.2, 0.25) is 0 Å². The van der Waals surface area contributed by atoms with E-state index in [2.05, 4.69) is 37.2 Å². The molecule has 3 rings (SSSR count). The quantitative estimate of drug-likeness (QED) is 0.470. The standard InChI is InChI=1S/C20H18Br2N2O3/c1-3-24-19(25)17(23-20(24)26)10-14-8-15(21)18(16(22)9-14)27-11-13-6-4-12(2)5-7-13/h4-10H,3,11H2,1-2H3,(H,23,26)/b17-10+. The van der Waals surface area contributed by atoms with Gasteiger partial charge in [0.2, 0.25) is 0 Å². The highest BCUT2D eigenvalue weighted by Gasteiger charge is 2.32. The lowest BCUT2D eigenvalue weighted by molar-refractivity contribution is -0.122. The van der Waals surface area contributed by atoms with Crippen molar-refractivity contribution in [3.8, 4) is 5.75 Å². The number of hydrogen-bond donors (Lipinski definition) is 1. The van der Waals surface area contributed by atoms with E-state index in [1.165, 1.54) is 5.56 Å². The minimum Gasteiger partial charge on any atom is -0.487 e. The summed E-state index contributed by atoms with van der Waals surface area (Å²) in [6, 6.07) is 11.4. The first kappa shape index (κ1) is 19.6. The summed E-state index contributed by atoms with van der Waals surface area (Å²) in [5.74, 6) is 0.351. The minimum absolute atomic E-state index is 0.258. The van der Waals surface area contributed by atoms with Gasteiger partial charge >= 0.3 is 6.03 Å². The monoisotopic (exact) mass is 492 g/mol. The van der Waals surface area contributed by atoms with Crippen molar-refractivity contribution in [2.75, 3.05) is 6.54 Å². The number of carbonyl (C=O) groups is 2. The fourth-order valence-corrected chi connectivity index (χ4v) is 4.12. The number of ether oxygens (including phenoxy) is 1. The van der Waals surface area contributed by atoms with E-state index in [9.17, 15) is 9.59 Å². The van der Waals surface area contributed by atoms with E-state index in [4.69, 9.17) is 4.74 Å². The van der Waals surface area contributed by atoms with E-state index in [-0.39, 0.29) is 11.6 Å². The Morgan fingerprint density at radius 3 is 2.30 bits per heavy atom. The molecule has 27 heavy (non-hydrogen) atoms. The maximum Gasteiger partial charge on any atom is 0.328 e. The zero-order valence-electron chi connectivity index (χ0n) is 14.9. The Labute approximate surface area is 174 Å². The molecule has 0 aliphatic carbocycles. The van der Waals surface area contributed by atoms with Crippen molar-refractivity contribution in [3.05, 3.63) is 67.7 Å². The number of urea groups is 1. The Bertz CT molecular complexity index is 900. The highest BCUT2D eigenvalue weighted by molar-refractivity contribution is 9.11. The lowest BCUT2D eigenvalue weighted by Gasteiger charge is -2.12. The van der Waals surface area contributed by atoms with Gasteiger partial charge in [-0.25, -0.2) is 4.79 Å². The zero-order valence-corrected chi connectivity index (χ0v) is 18.1. The van der Waals surface area contributed by atoms with Gasteiger partial charge in [0.25, 0.3) is 5.91 Å². The Hall–Kier alpha value is -2.12. The molecular formula is C20H18Br2N2O3. The third-order valence-corrected chi connectivity index (χ3v) is 5.29. The fraction of sp³-hybridized carbons (Fsp3) is 0.200. The molecule has 1 saturated heterocycles. The van der Waals surface area contributed by atoms with Crippen LogP contribution in [-0.2, 0) is 11.4 Å². The van der Waals surface area contributed by atoms with Crippen LogP contribution in [0.15, 0.2) is 51.0 Å². The van der Waals surface area contributed by atoms with Crippen LogP contribution in [0.1, 0.15) is 23.6 Å². The maximum atomic E-state index is 12.2. The topological polar surface area (TPSA) is 58.6 Å². The molecule has 0 unspecified atom stereocenters. The lowest BCUT2D eigenvalue weighted by atomic mass is 10.1. The van der Waals surface area contributed by atoms with Gasteiger partial charge in [-0.1, -0.05) is 29.8 Å². The smallest absolute Gasteiger partial charge is 0.328 e. The second-order valence-electron chi connectivity index (χ2n) is 6.13. The van der Waals surface area contributed by atoms with Crippen molar-refractivity contribution in [2.45, 2.75) is 20.5 Å². The number of benzene rings is 2. The summed E-state index contributed by atoms with van der Waals surface area (Å²) < 4.78 is 7.43. The number of nitrogens with zero attached hydrogens (tertiary/aromatic N) is 1. The number of nitrogens with one attached hydrogen (secondary N) is 1. The summed E-state index contributed by atoms with van der Waals surface area (Å²) in [7, 11) is 0. The number of likely N-dealkylation sites (N-methyl/N-ethyl adjacent to an activating group) is 1. The number of amides is 3. The second-order valence-corrected chi connectivity index (χ2v) is 7.83. The Morgan fingerprint density at radius 2 is 1.74 bits per heavy atom. The van der Waals surface area contributed by atoms with Crippen molar-refractivity contribution in [2.24, 2.45) is 0 Å². The molecular weight excluding hydrogens is 476 g/mol. The molecule has 1 heterocycles. The Morgan fingerprint density at radius 1 is 1.11 bits per heavy atom. The Balaban J connectivity index is 1.79. The van der Waals surface area contributed by atoms with Gasteiger partial charge in [-0.05, 0) is 75.0 Å². The summed E-state index contributed by atoms with van der Waals surface area (Å²) in [5.41, 5.74) is 3.30. The van der Waals surface area contributed by atoms with Crippen LogP contribution in [0, 0.1) is 6.92 Å². The van der Waals surface area contributed by atoms with E-state index in [0.717, 1.165) is 25.0 Å². The van der Waals surface area contributed by atoms with Gasteiger partial charge < -0.3 is 10.1 Å². The predicted molar refractivity (Wildman–Crippen MR) is 111 cm³/mol. The van der Waals surface area contributed by atoms with Crippen molar-refractivity contribution < 1.29 is 14.3 Å². The summed E-state index contributed by atoms with van der Waals surface area (Å²) in [5, 5.41) is 2.59. The fourth-order valence-electron chi connectivity index (χ4n) is 2.67. The molecule has 3 amide bonds. The van der Waals surface area contributed by atoms with Crippen LogP contribution in [0.3, 0.4) is 0 Å². The largest absolute Gasteiger partial charge is 0.487 e. The van der Waals surface area contributed by atoms with Crippen LogP contribution in [0.5, 0.6) is 5.75 Å². The molecule has 7 heteroatoms. The number of imide groups is 1. The number of carbonyl (C=O) groups excluding carboxylic acids is 2. The van der Waals surface area contributed by atoms with Crippen LogP contribution in [-0.4, -0.2) is 23.4 Å². The van der Waals surface area contributed by atoms with Crippen LogP contribution in [0.4, 0.5) is 4.79 Å². The number of halogens is 2. The summed E-state index contributed by atoms with van der Waals surface area (Å²) in [6.45, 7) is 4.58. The van der Waals surface area contributed by atoms with Crippen molar-refractivity contribution in [1.82, 2.24) is 10.2 Å². The van der Waals surface area contributed by atoms with Crippen molar-refractivity contribution in [1.29, 1.82) is 0 Å². The first-order valence-electron chi connectivity index (χ1n) is 8.41. The average Bonchev–Trinajstić information content (AvgIpc) is 2.88. The molecule has 0 bridgehead atoms. The average molecular weight is 494 g/mol. The molecule has 0 atom stereocenters. The first-order valence-corrected chi connectivity index (χ1v) is 9.99. The molecule has 0 radical (unpaired) electrons. The van der Waals surface area contributed by atoms with Gasteiger partial charge in [-0.3, -0.25) is 9.69 Å². The Kier molecular flexibility index (Phi) is 6.01. The number of rotatable bonds is 5. The van der Waals surface area contributed by atoms with Crippen molar-refractivity contribution >= 4 is 49.9 Å². The van der Waals surface area contributed by atoms with E-state index in [1.807, 2.05) is 43.3 Å². The third-order valence-electron chi connectivity index (χ3n) is 4.11. The van der Waals surface area contributed by atoms with Gasteiger partial charge in [0, 0.05) is 6.54 Å². The zero-order chi connectivity index (χ0) is 19.6. The van der Waals surface area contributed by atoms with E-state index < -0.39 is 6.03 Å². The van der Waals surface area contributed by atoms with Gasteiger partial charge in [0.15, 0.2) is 0 Å². The lowest BCUT2D eigenvalue weighted by Crippen LogP contribution is -2.30. The maximum absolute atomic E-state index is 12.2. The SMILES string of the molecule is CCN1C(=O)N/C(=C/c2cc(Br)c(OCc3ccc(C)cc3)c(Br)c2)C1=O. The van der Waals surface area contributed by atoms with Gasteiger partial charge in [0.1, 0.15) is 18.1 Å². The molecule has 0 spiro atoms. The molecule has 0 saturated carbocycles. The predicted octanol–water partition coefficient (Wildman–Crippen LogP) is 5.01. The first-order chi connectivity index (χ1) is 12.9. The molecule has 2 aromatic rings. The van der Waals surface area contributed by atoms with E-state index in [1.54, 1.807) is 13.0 Å². The third kappa shape index (κ3) is 4.42. The summed E-state index contributed by atoms with van der Waals surface area (Å²) in [6.07, 6.45) is 1.65. The highest BCUT2D eigenvalue weighted by atomic mass is 79.9. The van der Waals surface area contributed by atoms with Gasteiger partial charge in [0.05, 0.1) is 8.95 Å². The normalized spacial score (nSPS) is 15.4. The van der Waals surface area contributed by atoms with Crippen LogP contribution >= 0.6 is 31.9 Å². The molecule has 140 valence electrons. The van der Waals surface area contributed by atoms with Crippen LogP contribution < -0.4 is 10.1 Å². The summed E-state index contributed by atoms with van der Waals surface area (Å²) >= 11 is 7.04. The number of aryl methyl sites for hydroxylation is 1. The van der Waals surface area contributed by atoms with Gasteiger partial charge in [-0.15, -0.1) is 0 Å². The molecule has 5 nitrogen and oxygen atoms in total. The molecule has 1 fully saturated rings. The number of hydrogen-bond acceptors (Lipinski definition) is 3. The van der Waals surface area contributed by atoms with E-state index in [0.29, 0.717) is 18.9 Å². The van der Waals surface area contributed by atoms with Gasteiger partial charge in [-0.2, -0.15) is 0 Å². The van der Waals surface area contributed by atoms with E-state index >= 15 is 0 Å². The molecule has 2 aromatic carbocycles. The summed E-state index contributed by atoms with van der Waals surface area (Å²) in [4.78, 5) is 25.1. The molecule has 1 aliphatic heterocycles. The van der Waals surface area contributed by atoms with Crippen molar-refractivity contribution in [3.63, 3.8) is 0 Å². The minimum atomic E-state index is -0.398. The molecule has 0 aromatic heterocycles. The highest BCUT2D eigenvalue weighted by Crippen LogP contribution is 2.36. The molecule has 1 aliphatic rings. The molecule has 1 N–H and O–H groups in total. The second kappa shape index (κ2) is 8.27. The van der Waals surface area contributed by atoms with Crippen LogP contribution in [0.25, 0.3) is 6.08 Å².